The standard InChI is InChI=1S/C14H12F3N3/c15-14(16,17)12-10-6-7-18-8-11(10)19-13(20-12)9-4-2-1-3-5-9/h1-5,18H,6-8H2. The van der Waals surface area contributed by atoms with Gasteiger partial charge in [-0.1, -0.05) is 30.3 Å². The topological polar surface area (TPSA) is 37.8 Å². The van der Waals surface area contributed by atoms with Gasteiger partial charge in [-0.05, 0) is 13.0 Å². The molecule has 1 aliphatic heterocycles. The maximum Gasteiger partial charge on any atom is 0.433 e. The minimum absolute atomic E-state index is 0.125. The highest BCUT2D eigenvalue weighted by atomic mass is 19.4. The second-order valence-corrected chi connectivity index (χ2v) is 4.61. The Morgan fingerprint density at radius 2 is 1.80 bits per heavy atom. The molecule has 20 heavy (non-hydrogen) atoms. The maximum atomic E-state index is 13.2. The molecule has 0 fully saturated rings. The molecule has 1 N–H and O–H groups in total. The number of fused-ring (bicyclic) bond motifs is 1. The van der Waals surface area contributed by atoms with E-state index in [9.17, 15) is 13.2 Å². The van der Waals surface area contributed by atoms with E-state index in [1.807, 2.05) is 0 Å². The molecule has 0 atom stereocenters. The first kappa shape index (κ1) is 13.1. The van der Waals surface area contributed by atoms with Gasteiger partial charge in [-0.25, -0.2) is 9.97 Å². The zero-order valence-corrected chi connectivity index (χ0v) is 10.5. The molecule has 104 valence electrons. The van der Waals surface area contributed by atoms with Gasteiger partial charge in [0.2, 0.25) is 0 Å². The highest BCUT2D eigenvalue weighted by Gasteiger charge is 2.37. The van der Waals surface area contributed by atoms with Gasteiger partial charge in [0, 0.05) is 17.7 Å². The highest BCUT2D eigenvalue weighted by molar-refractivity contribution is 5.56. The Morgan fingerprint density at radius 3 is 2.50 bits per heavy atom. The van der Waals surface area contributed by atoms with Crippen molar-refractivity contribution in [1.29, 1.82) is 0 Å². The van der Waals surface area contributed by atoms with Gasteiger partial charge in [0.15, 0.2) is 11.5 Å². The third-order valence-corrected chi connectivity index (χ3v) is 3.24. The summed E-state index contributed by atoms with van der Waals surface area (Å²) in [4.78, 5) is 8.05. The molecular formula is C14H12F3N3. The summed E-state index contributed by atoms with van der Waals surface area (Å²) in [6.45, 7) is 0.866. The van der Waals surface area contributed by atoms with Crippen LogP contribution in [0.25, 0.3) is 11.4 Å². The predicted octanol–water partition coefficient (Wildman–Crippen LogP) is 2.81. The van der Waals surface area contributed by atoms with Crippen LogP contribution >= 0.6 is 0 Å². The van der Waals surface area contributed by atoms with Crippen molar-refractivity contribution in [2.75, 3.05) is 6.54 Å². The number of nitrogens with zero attached hydrogens (tertiary/aromatic N) is 2. The van der Waals surface area contributed by atoms with Crippen LogP contribution in [-0.2, 0) is 19.1 Å². The molecule has 1 aromatic carbocycles. The fourth-order valence-corrected chi connectivity index (χ4v) is 2.31. The summed E-state index contributed by atoms with van der Waals surface area (Å²) in [6.07, 6.45) is -4.15. The molecule has 3 nitrogen and oxygen atoms in total. The number of benzene rings is 1. The number of hydrogen-bond donors (Lipinski definition) is 1. The van der Waals surface area contributed by atoms with E-state index in [0.29, 0.717) is 30.8 Å². The van der Waals surface area contributed by atoms with Crippen LogP contribution < -0.4 is 5.32 Å². The fourth-order valence-electron chi connectivity index (χ4n) is 2.31. The van der Waals surface area contributed by atoms with Crippen molar-refractivity contribution in [2.45, 2.75) is 19.1 Å². The summed E-state index contributed by atoms with van der Waals surface area (Å²) in [5.41, 5.74) is 0.447. The molecule has 3 rings (SSSR count). The second kappa shape index (κ2) is 4.86. The minimum Gasteiger partial charge on any atom is -0.311 e. The molecule has 0 radical (unpaired) electrons. The van der Waals surface area contributed by atoms with Crippen LogP contribution in [0.1, 0.15) is 17.0 Å². The quantitative estimate of drug-likeness (QED) is 0.872. The lowest BCUT2D eigenvalue weighted by molar-refractivity contribution is -0.142. The Hall–Kier alpha value is -1.95. The van der Waals surface area contributed by atoms with E-state index < -0.39 is 11.9 Å². The van der Waals surface area contributed by atoms with Crippen LogP contribution in [0.3, 0.4) is 0 Å². The van der Waals surface area contributed by atoms with E-state index in [0.717, 1.165) is 0 Å². The summed E-state index contributed by atoms with van der Waals surface area (Å²) in [7, 11) is 0. The van der Waals surface area contributed by atoms with Crippen LogP contribution in [0.5, 0.6) is 0 Å². The van der Waals surface area contributed by atoms with Crippen LogP contribution in [0.15, 0.2) is 30.3 Å². The van der Waals surface area contributed by atoms with Crippen LogP contribution in [0.2, 0.25) is 0 Å². The molecular weight excluding hydrogens is 267 g/mol. The summed E-state index contributed by atoms with van der Waals surface area (Å²) < 4.78 is 39.5. The number of aromatic nitrogens is 2. The van der Waals surface area contributed by atoms with E-state index in [1.165, 1.54) is 0 Å². The van der Waals surface area contributed by atoms with Crippen LogP contribution in [0, 0.1) is 0 Å². The third kappa shape index (κ3) is 2.38. The Kier molecular flexibility index (Phi) is 3.17. The Labute approximate surface area is 113 Å². The van der Waals surface area contributed by atoms with Crippen molar-refractivity contribution >= 4 is 0 Å². The van der Waals surface area contributed by atoms with Crippen molar-refractivity contribution in [3.8, 4) is 11.4 Å². The average molecular weight is 279 g/mol. The van der Waals surface area contributed by atoms with Crippen molar-refractivity contribution in [1.82, 2.24) is 15.3 Å². The summed E-state index contributed by atoms with van der Waals surface area (Å²) in [6, 6.07) is 8.72. The molecule has 6 heteroatoms. The Balaban J connectivity index is 2.19. The second-order valence-electron chi connectivity index (χ2n) is 4.61. The van der Waals surface area contributed by atoms with E-state index in [1.54, 1.807) is 30.3 Å². The van der Waals surface area contributed by atoms with E-state index in [2.05, 4.69) is 15.3 Å². The third-order valence-electron chi connectivity index (χ3n) is 3.24. The van der Waals surface area contributed by atoms with Crippen molar-refractivity contribution in [3.05, 3.63) is 47.3 Å². The molecule has 0 amide bonds. The van der Waals surface area contributed by atoms with E-state index in [-0.39, 0.29) is 11.4 Å². The molecule has 0 bridgehead atoms. The van der Waals surface area contributed by atoms with E-state index in [4.69, 9.17) is 0 Å². The number of nitrogens with one attached hydrogen (secondary N) is 1. The molecule has 0 aliphatic carbocycles. The molecule has 2 heterocycles. The molecule has 1 aliphatic rings. The number of hydrogen-bond acceptors (Lipinski definition) is 3. The first-order chi connectivity index (χ1) is 9.55. The van der Waals surface area contributed by atoms with Gasteiger partial charge in [0.25, 0.3) is 0 Å². The lowest BCUT2D eigenvalue weighted by atomic mass is 10.0. The van der Waals surface area contributed by atoms with Gasteiger partial charge in [-0.2, -0.15) is 13.2 Å². The Morgan fingerprint density at radius 1 is 1.05 bits per heavy atom. The van der Waals surface area contributed by atoms with Gasteiger partial charge in [-0.15, -0.1) is 0 Å². The van der Waals surface area contributed by atoms with Gasteiger partial charge >= 0.3 is 6.18 Å². The normalized spacial score (nSPS) is 14.9. The van der Waals surface area contributed by atoms with Gasteiger partial charge < -0.3 is 5.32 Å². The van der Waals surface area contributed by atoms with Crippen molar-refractivity contribution in [2.24, 2.45) is 0 Å². The summed E-state index contributed by atoms with van der Waals surface area (Å²) in [5, 5.41) is 3.04. The van der Waals surface area contributed by atoms with Gasteiger partial charge in [0.1, 0.15) is 0 Å². The molecule has 0 saturated heterocycles. The zero-order valence-electron chi connectivity index (χ0n) is 10.5. The molecule has 0 unspecified atom stereocenters. The Bertz CT molecular complexity index is 624. The smallest absolute Gasteiger partial charge is 0.311 e. The maximum absolute atomic E-state index is 13.2. The number of alkyl halides is 3. The molecule has 2 aromatic rings. The highest BCUT2D eigenvalue weighted by Crippen LogP contribution is 2.34. The van der Waals surface area contributed by atoms with Crippen molar-refractivity contribution in [3.63, 3.8) is 0 Å². The van der Waals surface area contributed by atoms with Gasteiger partial charge in [-0.3, -0.25) is 0 Å². The number of halogens is 3. The van der Waals surface area contributed by atoms with Crippen molar-refractivity contribution < 1.29 is 13.2 Å². The largest absolute Gasteiger partial charge is 0.433 e. The molecule has 0 spiro atoms. The first-order valence-electron chi connectivity index (χ1n) is 6.29. The monoisotopic (exact) mass is 279 g/mol. The fraction of sp³-hybridized carbons (Fsp3) is 0.286. The van der Waals surface area contributed by atoms with Crippen LogP contribution in [-0.4, -0.2) is 16.5 Å². The SMILES string of the molecule is FC(F)(F)c1nc(-c2ccccc2)nc2c1CCNC2. The van der Waals surface area contributed by atoms with Gasteiger partial charge in [0.05, 0.1) is 5.69 Å². The minimum atomic E-state index is -4.45. The lowest BCUT2D eigenvalue weighted by Gasteiger charge is -2.21. The van der Waals surface area contributed by atoms with E-state index >= 15 is 0 Å². The zero-order chi connectivity index (χ0) is 14.2. The average Bonchev–Trinajstić information content (AvgIpc) is 2.46. The summed E-state index contributed by atoms with van der Waals surface area (Å²) >= 11 is 0. The lowest BCUT2D eigenvalue weighted by Crippen LogP contribution is -2.28. The predicted molar refractivity (Wildman–Crippen MR) is 67.9 cm³/mol. The first-order valence-corrected chi connectivity index (χ1v) is 6.29. The van der Waals surface area contributed by atoms with Crippen LogP contribution in [0.4, 0.5) is 13.2 Å². The molecule has 0 saturated carbocycles. The number of rotatable bonds is 1. The molecule has 1 aromatic heterocycles. The summed E-state index contributed by atoms with van der Waals surface area (Å²) in [5.74, 6) is 0.125.